The van der Waals surface area contributed by atoms with E-state index in [0.29, 0.717) is 0 Å². The van der Waals surface area contributed by atoms with E-state index in [0.717, 1.165) is 58.0 Å². The molecule has 14 heavy (non-hydrogen) atoms. The fraction of sp³-hybridized carbons (Fsp3) is 1.00. The van der Waals surface area contributed by atoms with Crippen LogP contribution in [0.3, 0.4) is 0 Å². The van der Waals surface area contributed by atoms with E-state index in [2.05, 4.69) is 6.92 Å². The summed E-state index contributed by atoms with van der Waals surface area (Å²) in [7, 11) is 0. The molecule has 84 valence electrons. The Morgan fingerprint density at radius 1 is 1.29 bits per heavy atom. The molecule has 0 saturated carbocycles. The Labute approximate surface area is 91.9 Å². The average molecular weight is 221 g/mol. The first-order valence-corrected chi connectivity index (χ1v) is 6.08. The largest absolute Gasteiger partial charge is 0.381 e. The average Bonchev–Trinajstić information content (AvgIpc) is 2.26. The van der Waals surface area contributed by atoms with E-state index in [1.807, 2.05) is 0 Å². The molecule has 0 aromatic carbocycles. The highest BCUT2D eigenvalue weighted by atomic mass is 35.5. The summed E-state index contributed by atoms with van der Waals surface area (Å²) in [4.78, 5) is 0. The van der Waals surface area contributed by atoms with E-state index in [-0.39, 0.29) is 5.41 Å². The fourth-order valence-electron chi connectivity index (χ4n) is 1.79. The Morgan fingerprint density at radius 2 is 2.00 bits per heavy atom. The van der Waals surface area contributed by atoms with Crippen LogP contribution in [0, 0.1) is 5.41 Å². The van der Waals surface area contributed by atoms with E-state index in [1.54, 1.807) is 0 Å². The third kappa shape index (κ3) is 3.76. The summed E-state index contributed by atoms with van der Waals surface area (Å²) in [6.07, 6.45) is 4.36. The Kier molecular flexibility index (Phi) is 5.83. The molecule has 0 bridgehead atoms. The Hall–Kier alpha value is 0.210. The minimum Gasteiger partial charge on any atom is -0.381 e. The van der Waals surface area contributed by atoms with Gasteiger partial charge >= 0.3 is 0 Å². The van der Waals surface area contributed by atoms with Crippen LogP contribution in [-0.2, 0) is 9.47 Å². The van der Waals surface area contributed by atoms with Crippen molar-refractivity contribution in [1.29, 1.82) is 0 Å². The van der Waals surface area contributed by atoms with Gasteiger partial charge in [0.2, 0.25) is 0 Å². The molecule has 1 fully saturated rings. The van der Waals surface area contributed by atoms with Crippen LogP contribution in [0.2, 0.25) is 0 Å². The Morgan fingerprint density at radius 3 is 2.57 bits per heavy atom. The van der Waals surface area contributed by atoms with Crippen molar-refractivity contribution in [3.63, 3.8) is 0 Å². The molecule has 0 aliphatic carbocycles. The summed E-state index contributed by atoms with van der Waals surface area (Å²) in [6.45, 7) is 5.57. The molecular weight excluding hydrogens is 200 g/mol. The van der Waals surface area contributed by atoms with Gasteiger partial charge in [-0.15, -0.1) is 11.6 Å². The highest BCUT2D eigenvalue weighted by Gasteiger charge is 2.31. The molecule has 1 rings (SSSR count). The maximum absolute atomic E-state index is 6.04. The quantitative estimate of drug-likeness (QED) is 0.506. The molecule has 0 spiro atoms. The standard InChI is InChI=1S/C11H21ClO2/c1-2-6-13-7-3-11(10-12)4-8-14-9-5-11/h2-10H2,1H3. The van der Waals surface area contributed by atoms with Gasteiger partial charge in [-0.05, 0) is 31.1 Å². The molecule has 0 atom stereocenters. The van der Waals surface area contributed by atoms with E-state index in [1.165, 1.54) is 0 Å². The topological polar surface area (TPSA) is 18.5 Å². The number of ether oxygens (including phenoxy) is 2. The summed E-state index contributed by atoms with van der Waals surface area (Å²) < 4.78 is 10.9. The molecule has 1 aliphatic rings. The van der Waals surface area contributed by atoms with E-state index in [4.69, 9.17) is 21.1 Å². The lowest BCUT2D eigenvalue weighted by Crippen LogP contribution is -2.32. The normalized spacial score (nSPS) is 21.0. The maximum atomic E-state index is 6.04. The molecule has 1 heterocycles. The van der Waals surface area contributed by atoms with Gasteiger partial charge in [0.25, 0.3) is 0 Å². The van der Waals surface area contributed by atoms with Gasteiger partial charge in [0.05, 0.1) is 0 Å². The summed E-state index contributed by atoms with van der Waals surface area (Å²) in [5.74, 6) is 0.742. The molecule has 3 heteroatoms. The molecule has 0 amide bonds. The minimum absolute atomic E-state index is 0.285. The van der Waals surface area contributed by atoms with Crippen LogP contribution in [0.15, 0.2) is 0 Å². The van der Waals surface area contributed by atoms with Gasteiger partial charge in [0.15, 0.2) is 0 Å². The molecule has 2 nitrogen and oxygen atoms in total. The zero-order chi connectivity index (χ0) is 10.3. The van der Waals surface area contributed by atoms with Crippen LogP contribution in [0.25, 0.3) is 0 Å². The second kappa shape index (κ2) is 6.65. The number of hydrogen-bond donors (Lipinski definition) is 0. The highest BCUT2D eigenvalue weighted by Crippen LogP contribution is 2.35. The smallest absolute Gasteiger partial charge is 0.0471 e. The van der Waals surface area contributed by atoms with Crippen molar-refractivity contribution < 1.29 is 9.47 Å². The number of hydrogen-bond acceptors (Lipinski definition) is 2. The highest BCUT2D eigenvalue weighted by molar-refractivity contribution is 6.18. The number of halogens is 1. The van der Waals surface area contributed by atoms with Crippen molar-refractivity contribution in [3.05, 3.63) is 0 Å². The summed E-state index contributed by atoms with van der Waals surface area (Å²) in [5, 5.41) is 0. The predicted molar refractivity (Wildman–Crippen MR) is 58.9 cm³/mol. The SMILES string of the molecule is CCCOCCC1(CCl)CCOCC1. The van der Waals surface area contributed by atoms with Gasteiger partial charge in [0.1, 0.15) is 0 Å². The summed E-state index contributed by atoms with van der Waals surface area (Å²) >= 11 is 6.04. The van der Waals surface area contributed by atoms with Crippen molar-refractivity contribution in [2.45, 2.75) is 32.6 Å². The number of rotatable bonds is 6. The second-order valence-electron chi connectivity index (χ2n) is 4.11. The number of alkyl halides is 1. The molecular formula is C11H21ClO2. The first-order valence-electron chi connectivity index (χ1n) is 5.54. The van der Waals surface area contributed by atoms with Gasteiger partial charge in [-0.1, -0.05) is 6.92 Å². The summed E-state index contributed by atoms with van der Waals surface area (Å²) in [5.41, 5.74) is 0.285. The first-order chi connectivity index (χ1) is 6.83. The van der Waals surface area contributed by atoms with Crippen LogP contribution < -0.4 is 0 Å². The van der Waals surface area contributed by atoms with Crippen LogP contribution in [0.5, 0.6) is 0 Å². The van der Waals surface area contributed by atoms with Crippen LogP contribution in [0.1, 0.15) is 32.6 Å². The van der Waals surface area contributed by atoms with Gasteiger partial charge < -0.3 is 9.47 Å². The van der Waals surface area contributed by atoms with Crippen molar-refractivity contribution in [3.8, 4) is 0 Å². The Balaban J connectivity index is 2.22. The van der Waals surface area contributed by atoms with Crippen LogP contribution in [-0.4, -0.2) is 32.3 Å². The first kappa shape index (κ1) is 12.3. The lowest BCUT2D eigenvalue weighted by atomic mass is 9.79. The van der Waals surface area contributed by atoms with Crippen molar-refractivity contribution >= 4 is 11.6 Å². The zero-order valence-electron chi connectivity index (χ0n) is 9.06. The lowest BCUT2D eigenvalue weighted by Gasteiger charge is -2.35. The minimum atomic E-state index is 0.285. The fourth-order valence-corrected chi connectivity index (χ4v) is 2.19. The van der Waals surface area contributed by atoms with Crippen LogP contribution >= 0.6 is 11.6 Å². The molecule has 1 aliphatic heterocycles. The molecule has 0 N–H and O–H groups in total. The zero-order valence-corrected chi connectivity index (χ0v) is 9.81. The van der Waals surface area contributed by atoms with Crippen LogP contribution in [0.4, 0.5) is 0 Å². The summed E-state index contributed by atoms with van der Waals surface area (Å²) in [6, 6.07) is 0. The predicted octanol–water partition coefficient (Wildman–Crippen LogP) is 2.84. The van der Waals surface area contributed by atoms with Crippen molar-refractivity contribution in [2.75, 3.05) is 32.3 Å². The maximum Gasteiger partial charge on any atom is 0.0471 e. The monoisotopic (exact) mass is 220 g/mol. The lowest BCUT2D eigenvalue weighted by molar-refractivity contribution is 0.00457. The molecule has 0 aromatic rings. The van der Waals surface area contributed by atoms with E-state index in [9.17, 15) is 0 Å². The van der Waals surface area contributed by atoms with Crippen molar-refractivity contribution in [1.82, 2.24) is 0 Å². The molecule has 0 unspecified atom stereocenters. The van der Waals surface area contributed by atoms with E-state index < -0.39 is 0 Å². The molecule has 0 radical (unpaired) electrons. The third-order valence-corrected chi connectivity index (χ3v) is 3.53. The Bertz CT molecular complexity index is 144. The molecule has 0 aromatic heterocycles. The van der Waals surface area contributed by atoms with Gasteiger partial charge in [0, 0.05) is 32.3 Å². The second-order valence-corrected chi connectivity index (χ2v) is 4.38. The van der Waals surface area contributed by atoms with Crippen molar-refractivity contribution in [2.24, 2.45) is 5.41 Å². The van der Waals surface area contributed by atoms with E-state index >= 15 is 0 Å². The molecule has 1 saturated heterocycles. The van der Waals surface area contributed by atoms with Gasteiger partial charge in [-0.25, -0.2) is 0 Å². The third-order valence-electron chi connectivity index (χ3n) is 2.96. The van der Waals surface area contributed by atoms with Gasteiger partial charge in [-0.3, -0.25) is 0 Å². The van der Waals surface area contributed by atoms with Gasteiger partial charge in [-0.2, -0.15) is 0 Å².